The molecule has 0 radical (unpaired) electrons. The van der Waals surface area contributed by atoms with E-state index in [9.17, 15) is 29.1 Å². The molecule has 11 heteroatoms. The maximum absolute atomic E-state index is 14.1. The molecule has 46 heavy (non-hydrogen) atoms. The number of rotatable bonds is 11. The highest BCUT2D eigenvalue weighted by Crippen LogP contribution is 2.28. The van der Waals surface area contributed by atoms with Crippen molar-refractivity contribution in [1.82, 2.24) is 15.5 Å². The summed E-state index contributed by atoms with van der Waals surface area (Å²) in [5.41, 5.74) is 2.90. The molecule has 234 valence electrons. The van der Waals surface area contributed by atoms with E-state index in [4.69, 9.17) is 0 Å². The van der Waals surface area contributed by atoms with E-state index in [-0.39, 0.29) is 24.1 Å². The maximum Gasteiger partial charge on any atom is 0.319 e. The third-order valence-corrected chi connectivity index (χ3v) is 7.50. The number of nitrogens with one attached hydrogen (secondary N) is 4. The zero-order valence-electron chi connectivity index (χ0n) is 24.8. The van der Waals surface area contributed by atoms with E-state index in [2.05, 4.69) is 21.3 Å². The third-order valence-electron chi connectivity index (χ3n) is 7.50. The molecule has 0 saturated carbocycles. The van der Waals surface area contributed by atoms with Gasteiger partial charge in [-0.2, -0.15) is 0 Å². The lowest BCUT2D eigenvalue weighted by Gasteiger charge is -2.29. The summed E-state index contributed by atoms with van der Waals surface area (Å²) in [5, 5.41) is 20.5. The molecular weight excluding hydrogens is 586 g/mol. The number of carboxylic acid groups (broad SMARTS) is 1. The summed E-state index contributed by atoms with van der Waals surface area (Å²) in [6.07, 6.45) is -0.244. The largest absolute Gasteiger partial charge is 0.481 e. The van der Waals surface area contributed by atoms with Crippen LogP contribution in [0.15, 0.2) is 109 Å². The average Bonchev–Trinajstić information content (AvgIpc) is 3.15. The summed E-state index contributed by atoms with van der Waals surface area (Å²) >= 11 is 0. The van der Waals surface area contributed by atoms with Crippen molar-refractivity contribution in [3.05, 3.63) is 131 Å². The van der Waals surface area contributed by atoms with Gasteiger partial charge in [0.05, 0.1) is 23.7 Å². The van der Waals surface area contributed by atoms with Crippen LogP contribution in [-0.2, 0) is 27.3 Å². The van der Waals surface area contributed by atoms with Gasteiger partial charge < -0.3 is 31.3 Å². The summed E-state index contributed by atoms with van der Waals surface area (Å²) in [6, 6.07) is 29.3. The number of carbonyl (C=O) groups is 5. The molecular formula is C35H33N5O6. The Hall–Kier alpha value is -5.97. The number of aliphatic carboxylic acids is 1. The molecule has 0 unspecified atom stereocenters. The zero-order valence-corrected chi connectivity index (χ0v) is 24.8. The molecule has 5 N–H and O–H groups in total. The number of hydrogen-bond donors (Lipinski definition) is 5. The minimum Gasteiger partial charge on any atom is -0.481 e. The molecule has 0 fully saturated rings. The van der Waals surface area contributed by atoms with Crippen LogP contribution in [-0.4, -0.2) is 52.3 Å². The van der Waals surface area contributed by atoms with Crippen molar-refractivity contribution in [2.24, 2.45) is 0 Å². The predicted molar refractivity (Wildman–Crippen MR) is 172 cm³/mol. The highest BCUT2D eigenvalue weighted by atomic mass is 16.4. The van der Waals surface area contributed by atoms with Crippen molar-refractivity contribution < 1.29 is 29.1 Å². The monoisotopic (exact) mass is 619 g/mol. The minimum atomic E-state index is -1.11. The Morgan fingerprint density at radius 2 is 1.46 bits per heavy atom. The van der Waals surface area contributed by atoms with Gasteiger partial charge in [-0.15, -0.1) is 0 Å². The standard InChI is InChI=1S/C35H33N5O6/c41-31(38-29(20-32(42)43)25-14-8-3-9-15-25)22-40-30(18-23-10-4-1-5-11-23)33(44)39-28-17-16-26(19-27(28)34(40)45)37-35(46)36-21-24-12-6-2-7-13-24/h1-17,19,29-30H,18,20-22H2,(H,38,41)(H,39,44)(H,42,43)(H2,36,37,46)/t29-,30-/m0/s1. The number of hydrogen-bond acceptors (Lipinski definition) is 5. The normalized spacial score (nSPS) is 14.7. The maximum atomic E-state index is 14.1. The van der Waals surface area contributed by atoms with Crippen molar-refractivity contribution in [1.29, 1.82) is 0 Å². The van der Waals surface area contributed by atoms with Crippen LogP contribution in [0.1, 0.15) is 39.5 Å². The second-order valence-electron chi connectivity index (χ2n) is 10.8. The molecule has 1 heterocycles. The smallest absolute Gasteiger partial charge is 0.319 e. The number of benzene rings is 4. The molecule has 0 saturated heterocycles. The van der Waals surface area contributed by atoms with Crippen LogP contribution in [0, 0.1) is 0 Å². The van der Waals surface area contributed by atoms with Crippen molar-refractivity contribution in [2.75, 3.05) is 17.2 Å². The van der Waals surface area contributed by atoms with Crippen LogP contribution >= 0.6 is 0 Å². The van der Waals surface area contributed by atoms with E-state index in [0.29, 0.717) is 17.8 Å². The van der Waals surface area contributed by atoms with Crippen LogP contribution in [0.3, 0.4) is 0 Å². The lowest BCUT2D eigenvalue weighted by atomic mass is 10.0. The molecule has 1 aliphatic rings. The second kappa shape index (κ2) is 14.7. The highest BCUT2D eigenvalue weighted by molar-refractivity contribution is 6.11. The van der Waals surface area contributed by atoms with Gasteiger partial charge in [0, 0.05) is 18.7 Å². The molecule has 5 rings (SSSR count). The van der Waals surface area contributed by atoms with E-state index in [1.165, 1.54) is 17.0 Å². The van der Waals surface area contributed by atoms with Crippen molar-refractivity contribution in [3.8, 4) is 0 Å². The van der Waals surface area contributed by atoms with Crippen LogP contribution in [0.2, 0.25) is 0 Å². The van der Waals surface area contributed by atoms with Gasteiger partial charge in [-0.05, 0) is 34.9 Å². The van der Waals surface area contributed by atoms with E-state index >= 15 is 0 Å². The fraction of sp³-hybridized carbons (Fsp3) is 0.171. The zero-order chi connectivity index (χ0) is 32.5. The molecule has 0 aliphatic carbocycles. The van der Waals surface area contributed by atoms with E-state index in [0.717, 1.165) is 11.1 Å². The summed E-state index contributed by atoms with van der Waals surface area (Å²) < 4.78 is 0. The summed E-state index contributed by atoms with van der Waals surface area (Å²) in [6.45, 7) is -0.218. The molecule has 4 aromatic rings. The van der Waals surface area contributed by atoms with E-state index < -0.39 is 48.4 Å². The molecule has 0 aromatic heterocycles. The summed E-state index contributed by atoms with van der Waals surface area (Å²) in [5.74, 6) is -2.84. The van der Waals surface area contributed by atoms with Gasteiger partial charge in [-0.3, -0.25) is 19.2 Å². The van der Waals surface area contributed by atoms with E-state index in [1.54, 1.807) is 36.4 Å². The van der Waals surface area contributed by atoms with Crippen LogP contribution in [0.5, 0.6) is 0 Å². The fourth-order valence-electron chi connectivity index (χ4n) is 5.24. The van der Waals surface area contributed by atoms with E-state index in [1.807, 2.05) is 60.7 Å². The van der Waals surface area contributed by atoms with Crippen molar-refractivity contribution in [3.63, 3.8) is 0 Å². The Kier molecular flexibility index (Phi) is 10.0. The topological polar surface area (TPSA) is 157 Å². The molecule has 1 aliphatic heterocycles. The first-order valence-electron chi connectivity index (χ1n) is 14.7. The molecule has 5 amide bonds. The molecule has 11 nitrogen and oxygen atoms in total. The van der Waals surface area contributed by atoms with Crippen LogP contribution < -0.4 is 21.3 Å². The van der Waals surface area contributed by atoms with Crippen LogP contribution in [0.4, 0.5) is 16.2 Å². The van der Waals surface area contributed by atoms with Gasteiger partial charge in [-0.1, -0.05) is 91.0 Å². The van der Waals surface area contributed by atoms with Crippen molar-refractivity contribution in [2.45, 2.75) is 31.5 Å². The number of carbonyl (C=O) groups excluding carboxylic acids is 4. The van der Waals surface area contributed by atoms with Gasteiger partial charge >= 0.3 is 12.0 Å². The number of nitrogens with zero attached hydrogens (tertiary/aromatic N) is 1. The minimum absolute atomic E-state index is 0.0858. The predicted octanol–water partition coefficient (Wildman–Crippen LogP) is 4.35. The molecule has 0 bridgehead atoms. The SMILES string of the molecule is O=C(O)C[C@H](NC(=O)CN1C(=O)c2cc(NC(=O)NCc3ccccc3)ccc2NC(=O)[C@@H]1Cc1ccccc1)c1ccccc1. The Labute approximate surface area is 265 Å². The van der Waals surface area contributed by atoms with Crippen molar-refractivity contribution >= 4 is 41.1 Å². The average molecular weight is 620 g/mol. The first-order valence-corrected chi connectivity index (χ1v) is 14.7. The van der Waals surface area contributed by atoms with Gasteiger partial charge in [-0.25, -0.2) is 4.79 Å². The molecule has 0 spiro atoms. The van der Waals surface area contributed by atoms with Crippen LogP contribution in [0.25, 0.3) is 0 Å². The lowest BCUT2D eigenvalue weighted by Crippen LogP contribution is -2.51. The number of amides is 5. The number of carboxylic acids is 1. The number of urea groups is 1. The summed E-state index contributed by atoms with van der Waals surface area (Å²) in [7, 11) is 0. The number of anilines is 2. The Bertz CT molecular complexity index is 1720. The lowest BCUT2D eigenvalue weighted by molar-refractivity contribution is -0.137. The second-order valence-corrected chi connectivity index (χ2v) is 10.8. The Balaban J connectivity index is 1.39. The molecule has 4 aromatic carbocycles. The summed E-state index contributed by atoms with van der Waals surface area (Å²) in [4.78, 5) is 66.6. The van der Waals surface area contributed by atoms with Gasteiger partial charge in [0.2, 0.25) is 11.8 Å². The quantitative estimate of drug-likeness (QED) is 0.168. The number of fused-ring (bicyclic) bond motifs is 1. The Morgan fingerprint density at radius 3 is 2.11 bits per heavy atom. The first kappa shape index (κ1) is 31.5. The fourth-order valence-corrected chi connectivity index (χ4v) is 5.24. The van der Waals surface area contributed by atoms with Gasteiger partial charge in [0.1, 0.15) is 12.6 Å². The first-order chi connectivity index (χ1) is 22.3. The third kappa shape index (κ3) is 8.14. The highest BCUT2D eigenvalue weighted by Gasteiger charge is 2.37. The van der Waals surface area contributed by atoms with Gasteiger partial charge in [0.25, 0.3) is 5.91 Å². The molecule has 2 atom stereocenters. The Morgan fingerprint density at radius 1 is 0.826 bits per heavy atom. The van der Waals surface area contributed by atoms with Gasteiger partial charge in [0.15, 0.2) is 0 Å².